The van der Waals surface area contributed by atoms with E-state index in [1.54, 1.807) is 30.5 Å². The highest BCUT2D eigenvalue weighted by molar-refractivity contribution is 7.89. The summed E-state index contributed by atoms with van der Waals surface area (Å²) >= 11 is 0. The minimum atomic E-state index is -3.71. The van der Waals surface area contributed by atoms with Crippen molar-refractivity contribution >= 4 is 44.6 Å². The summed E-state index contributed by atoms with van der Waals surface area (Å²) < 4.78 is 34.4. The summed E-state index contributed by atoms with van der Waals surface area (Å²) in [6.45, 7) is 5.92. The van der Waals surface area contributed by atoms with E-state index in [-0.39, 0.29) is 22.7 Å². The molecule has 0 unspecified atom stereocenters. The lowest BCUT2D eigenvalue weighted by Gasteiger charge is -2.21. The molecule has 2 aromatic heterocycles. The van der Waals surface area contributed by atoms with Gasteiger partial charge in [-0.2, -0.15) is 4.31 Å². The first-order chi connectivity index (χ1) is 17.6. The van der Waals surface area contributed by atoms with Gasteiger partial charge in [-0.15, -0.1) is 0 Å². The number of carbonyl (C=O) groups excluding carboxylic acids is 2. The zero-order valence-corrected chi connectivity index (χ0v) is 21.8. The molecule has 3 N–H and O–H groups in total. The predicted octanol–water partition coefficient (Wildman–Crippen LogP) is 2.31. The second-order valence-corrected chi connectivity index (χ2v) is 10.8. The molecule has 37 heavy (non-hydrogen) atoms. The van der Waals surface area contributed by atoms with Gasteiger partial charge in [0.15, 0.2) is 17.0 Å². The van der Waals surface area contributed by atoms with Crippen LogP contribution in [0.4, 0.5) is 16.3 Å². The Balaban J connectivity index is 1.48. The van der Waals surface area contributed by atoms with Gasteiger partial charge in [-0.1, -0.05) is 6.07 Å². The lowest BCUT2D eigenvalue weighted by molar-refractivity contribution is -0.133. The maximum atomic E-state index is 12.8. The molecule has 0 radical (unpaired) electrons. The molecular weight excluding hydrogens is 500 g/mol. The molecule has 4 rings (SSSR count). The number of fused-ring (bicyclic) bond motifs is 1. The number of hydrogen-bond acceptors (Lipinski definition) is 8. The number of ether oxygens (including phenoxy) is 1. The predicted molar refractivity (Wildman–Crippen MR) is 136 cm³/mol. The zero-order chi connectivity index (χ0) is 26.7. The number of likely N-dealkylation sites (N-methyl/N-ethyl adjacent to an activating group) is 1. The topological polar surface area (TPSA) is 160 Å². The average Bonchev–Trinajstić information content (AvgIpc) is 3.51. The largest absolute Gasteiger partial charge is 0.354 e. The van der Waals surface area contributed by atoms with Crippen molar-refractivity contribution in [3.05, 3.63) is 36.9 Å². The summed E-state index contributed by atoms with van der Waals surface area (Å²) in [5, 5.41) is 8.03. The third-order valence-electron chi connectivity index (χ3n) is 6.04. The number of carbonyl (C=O) groups is 2. The molecule has 1 aliphatic heterocycles. The van der Waals surface area contributed by atoms with Crippen molar-refractivity contribution in [2.24, 2.45) is 0 Å². The fourth-order valence-electron chi connectivity index (χ4n) is 3.91. The Morgan fingerprint density at radius 1 is 1.19 bits per heavy atom. The van der Waals surface area contributed by atoms with Gasteiger partial charge in [0.05, 0.1) is 11.2 Å². The highest BCUT2D eigenvalue weighted by Crippen LogP contribution is 2.31. The minimum Gasteiger partial charge on any atom is -0.354 e. The molecule has 0 bridgehead atoms. The summed E-state index contributed by atoms with van der Waals surface area (Å²) in [5.41, 5.74) is 1.08. The lowest BCUT2D eigenvalue weighted by Crippen LogP contribution is -2.34. The first-order valence-electron chi connectivity index (χ1n) is 11.9. The Morgan fingerprint density at radius 3 is 2.70 bits per heavy atom. The smallest absolute Gasteiger partial charge is 0.324 e. The molecule has 1 aliphatic rings. The van der Waals surface area contributed by atoms with E-state index >= 15 is 0 Å². The molecule has 0 aliphatic carbocycles. The van der Waals surface area contributed by atoms with Crippen molar-refractivity contribution in [2.75, 3.05) is 24.2 Å². The van der Waals surface area contributed by atoms with Crippen molar-refractivity contribution in [2.45, 2.75) is 56.9 Å². The van der Waals surface area contributed by atoms with Crippen LogP contribution in [0, 0.1) is 0 Å². The third-order valence-corrected chi connectivity index (χ3v) is 8.07. The van der Waals surface area contributed by atoms with Crippen LogP contribution in [0.2, 0.25) is 0 Å². The van der Waals surface area contributed by atoms with E-state index in [9.17, 15) is 18.0 Å². The van der Waals surface area contributed by atoms with Gasteiger partial charge < -0.3 is 15.4 Å². The van der Waals surface area contributed by atoms with E-state index in [0.717, 1.165) is 0 Å². The fourth-order valence-corrected chi connectivity index (χ4v) is 5.32. The average molecular weight is 531 g/mol. The number of anilines is 2. The molecule has 198 valence electrons. The first kappa shape index (κ1) is 26.4. The van der Waals surface area contributed by atoms with E-state index in [1.165, 1.54) is 36.1 Å². The van der Waals surface area contributed by atoms with Gasteiger partial charge in [0.1, 0.15) is 18.7 Å². The van der Waals surface area contributed by atoms with E-state index < -0.39 is 28.4 Å². The standard InChI is InChI=1S/C23H30N8O5S/c1-5-24-22(32)17-9-10-18(36-17)31-13-27-19-20(25-12-26-21(19)31)29-23(33)28-15-7-6-8-16(11-15)37(34,35)30(4)14(2)3/h6-8,11-14,17-18H,5,9-10H2,1-4H3,(H,24,32)(H2,25,26,28,29,33)/t17-,18+/m0/s1. The van der Waals surface area contributed by atoms with E-state index in [2.05, 4.69) is 30.9 Å². The number of rotatable bonds is 8. The van der Waals surface area contributed by atoms with Gasteiger partial charge in [0, 0.05) is 25.3 Å². The quantitative estimate of drug-likeness (QED) is 0.400. The van der Waals surface area contributed by atoms with E-state index in [4.69, 9.17) is 4.74 Å². The fraction of sp³-hybridized carbons (Fsp3) is 0.435. The van der Waals surface area contributed by atoms with Gasteiger partial charge in [0.2, 0.25) is 15.9 Å². The molecule has 3 aromatic rings. The molecule has 1 saturated heterocycles. The van der Waals surface area contributed by atoms with Crippen LogP contribution in [-0.4, -0.2) is 69.9 Å². The Morgan fingerprint density at radius 2 is 1.97 bits per heavy atom. The van der Waals surface area contributed by atoms with Gasteiger partial charge in [-0.05, 0) is 51.8 Å². The van der Waals surface area contributed by atoms with Crippen molar-refractivity contribution in [3.8, 4) is 0 Å². The van der Waals surface area contributed by atoms with Crippen LogP contribution in [0.25, 0.3) is 11.2 Å². The second kappa shape index (κ2) is 10.8. The molecule has 13 nitrogen and oxygen atoms in total. The normalized spacial score (nSPS) is 17.9. The van der Waals surface area contributed by atoms with Crippen molar-refractivity contribution < 1.29 is 22.7 Å². The lowest BCUT2D eigenvalue weighted by atomic mass is 10.2. The molecule has 14 heteroatoms. The van der Waals surface area contributed by atoms with Gasteiger partial charge in [-0.3, -0.25) is 14.7 Å². The third kappa shape index (κ3) is 5.55. The number of nitrogens with zero attached hydrogens (tertiary/aromatic N) is 5. The number of urea groups is 1. The number of hydrogen-bond donors (Lipinski definition) is 3. The van der Waals surface area contributed by atoms with Crippen molar-refractivity contribution in [3.63, 3.8) is 0 Å². The highest BCUT2D eigenvalue weighted by Gasteiger charge is 2.32. The Hall–Kier alpha value is -3.62. The Bertz CT molecular complexity index is 1410. The SMILES string of the molecule is CCNC(=O)[C@@H]1CC[C@H](n2cnc3c(NC(=O)Nc4cccc(S(=O)(=O)N(C)C(C)C)c4)ncnc32)O1. The number of sulfonamides is 1. The molecule has 0 spiro atoms. The molecule has 3 heterocycles. The van der Waals surface area contributed by atoms with E-state index in [0.29, 0.717) is 36.2 Å². The number of aromatic nitrogens is 4. The first-order valence-corrected chi connectivity index (χ1v) is 13.3. The molecule has 3 amide bonds. The summed E-state index contributed by atoms with van der Waals surface area (Å²) in [6, 6.07) is 5.14. The Kier molecular flexibility index (Phi) is 7.71. The second-order valence-electron chi connectivity index (χ2n) is 8.82. The van der Waals surface area contributed by atoms with Gasteiger partial charge in [-0.25, -0.2) is 28.2 Å². The maximum Gasteiger partial charge on any atom is 0.324 e. The van der Waals surface area contributed by atoms with Crippen LogP contribution in [0.15, 0.2) is 41.8 Å². The molecule has 2 atom stereocenters. The number of nitrogens with one attached hydrogen (secondary N) is 3. The molecule has 1 fully saturated rings. The zero-order valence-electron chi connectivity index (χ0n) is 21.0. The number of imidazole rings is 1. The van der Waals surface area contributed by atoms with Crippen molar-refractivity contribution in [1.82, 2.24) is 29.1 Å². The number of benzene rings is 1. The summed E-state index contributed by atoms with van der Waals surface area (Å²) in [7, 11) is -2.21. The highest BCUT2D eigenvalue weighted by atomic mass is 32.2. The summed E-state index contributed by atoms with van der Waals surface area (Å²) in [6.07, 6.45) is 3.02. The van der Waals surface area contributed by atoms with E-state index in [1.807, 2.05) is 6.92 Å². The van der Waals surface area contributed by atoms with Crippen LogP contribution in [0.5, 0.6) is 0 Å². The summed E-state index contributed by atoms with van der Waals surface area (Å²) in [4.78, 5) is 37.6. The molecule has 0 saturated carbocycles. The minimum absolute atomic E-state index is 0.0622. The maximum absolute atomic E-state index is 12.8. The molecule has 1 aromatic carbocycles. The van der Waals surface area contributed by atoms with Crippen LogP contribution in [0.1, 0.15) is 39.8 Å². The monoisotopic (exact) mass is 530 g/mol. The molecular formula is C23H30N8O5S. The summed E-state index contributed by atoms with van der Waals surface area (Å²) in [5.74, 6) is 0.0126. The van der Waals surface area contributed by atoms with Gasteiger partial charge >= 0.3 is 6.03 Å². The van der Waals surface area contributed by atoms with Crippen LogP contribution < -0.4 is 16.0 Å². The van der Waals surface area contributed by atoms with Gasteiger partial charge in [0.25, 0.3) is 0 Å². The Labute approximate surface area is 214 Å². The van der Waals surface area contributed by atoms with Crippen LogP contribution in [0.3, 0.4) is 0 Å². The van der Waals surface area contributed by atoms with Crippen LogP contribution >= 0.6 is 0 Å². The van der Waals surface area contributed by atoms with Crippen LogP contribution in [-0.2, 0) is 19.6 Å². The number of amides is 3. The van der Waals surface area contributed by atoms with Crippen molar-refractivity contribution in [1.29, 1.82) is 0 Å².